The Morgan fingerprint density at radius 2 is 0.868 bits per heavy atom. The van der Waals surface area contributed by atoms with Gasteiger partial charge in [-0.3, -0.25) is 0 Å². The Kier molecular flexibility index (Phi) is 6.52. The molecule has 9 aromatic carbocycles. The molecule has 0 aliphatic carbocycles. The Morgan fingerprint density at radius 3 is 1.66 bits per heavy atom. The summed E-state index contributed by atoms with van der Waals surface area (Å²) in [5, 5.41) is 11.7. The first-order chi connectivity index (χ1) is 26.3. The molecule has 0 saturated carbocycles. The van der Waals surface area contributed by atoms with Gasteiger partial charge in [-0.05, 0) is 61.5 Å². The lowest BCUT2D eigenvalue weighted by atomic mass is 9.93. The van der Waals surface area contributed by atoms with Crippen LogP contribution in [0.4, 0.5) is 0 Å². The van der Waals surface area contributed by atoms with Crippen LogP contribution < -0.4 is 0 Å². The molecule has 2 heterocycles. The summed E-state index contributed by atoms with van der Waals surface area (Å²) in [6.45, 7) is 0. The summed E-state index contributed by atoms with van der Waals surface area (Å²) in [7, 11) is 0. The van der Waals surface area contributed by atoms with Gasteiger partial charge in [-0.2, -0.15) is 0 Å². The van der Waals surface area contributed by atoms with E-state index < -0.39 is 0 Å². The first kappa shape index (κ1) is 29.5. The smallest absolute Gasteiger partial charge is 0.164 e. The largest absolute Gasteiger partial charge is 0.455 e. The Labute approximate surface area is 304 Å². The highest BCUT2D eigenvalue weighted by atomic mass is 16.3. The summed E-state index contributed by atoms with van der Waals surface area (Å²) in [4.78, 5) is 15.3. The maximum absolute atomic E-state index is 6.67. The van der Waals surface area contributed by atoms with Gasteiger partial charge in [0.15, 0.2) is 17.5 Å². The fourth-order valence-corrected chi connectivity index (χ4v) is 7.99. The molecule has 0 spiro atoms. The highest BCUT2D eigenvalue weighted by molar-refractivity contribution is 6.29. The summed E-state index contributed by atoms with van der Waals surface area (Å²) in [5.41, 5.74) is 6.71. The second kappa shape index (κ2) is 11.7. The lowest BCUT2D eigenvalue weighted by Crippen LogP contribution is -2.00. The first-order valence-corrected chi connectivity index (χ1v) is 17.9. The summed E-state index contributed by atoms with van der Waals surface area (Å²) >= 11 is 0. The molecule has 53 heavy (non-hydrogen) atoms. The molecule has 0 N–H and O–H groups in total. The van der Waals surface area contributed by atoms with Crippen LogP contribution in [0.15, 0.2) is 180 Å². The molecule has 11 rings (SSSR count). The SMILES string of the molecule is c1ccc(-c2nc(-c3ccc(-c4cc5ccc6ccccc6c5c5c4oc4ccccc45)cc3)nc(-c3cc4ccccc4c4ccccc34)n2)cc1. The molecule has 246 valence electrons. The van der Waals surface area contributed by atoms with Crippen LogP contribution in [-0.2, 0) is 0 Å². The molecule has 0 saturated heterocycles. The predicted molar refractivity (Wildman–Crippen MR) is 219 cm³/mol. The van der Waals surface area contributed by atoms with Crippen LogP contribution in [0, 0.1) is 0 Å². The average Bonchev–Trinajstić information content (AvgIpc) is 3.63. The van der Waals surface area contributed by atoms with Gasteiger partial charge in [0.05, 0.1) is 0 Å². The third-order valence-corrected chi connectivity index (χ3v) is 10.5. The molecule has 2 aromatic heterocycles. The average molecular weight is 676 g/mol. The van der Waals surface area contributed by atoms with Crippen molar-refractivity contribution < 1.29 is 4.42 Å². The Hall–Kier alpha value is -7.17. The van der Waals surface area contributed by atoms with Gasteiger partial charge < -0.3 is 4.42 Å². The maximum atomic E-state index is 6.67. The highest BCUT2D eigenvalue weighted by Gasteiger charge is 2.19. The molecule has 0 unspecified atom stereocenters. The standard InChI is InChI=1S/C49H29N3O/c1-2-13-32(14-3-1)47-50-48(52-49(51-47)42-28-34-15-5-6-16-36(34)38-18-8-9-19-39(38)42)33-25-22-31(23-26-33)41-29-35-27-24-30-12-4-7-17-37(30)44(35)45-40-20-10-11-21-43(40)53-46(41)45/h1-29H. The number of benzene rings is 9. The summed E-state index contributed by atoms with van der Waals surface area (Å²) in [5.74, 6) is 1.90. The monoisotopic (exact) mass is 675 g/mol. The van der Waals surface area contributed by atoms with E-state index in [4.69, 9.17) is 19.4 Å². The molecular weight excluding hydrogens is 647 g/mol. The number of aromatic nitrogens is 3. The fraction of sp³-hybridized carbons (Fsp3) is 0. The number of hydrogen-bond donors (Lipinski definition) is 0. The third kappa shape index (κ3) is 4.73. The van der Waals surface area contributed by atoms with Crippen molar-refractivity contribution in [2.24, 2.45) is 0 Å². The Bertz CT molecular complexity index is 3220. The van der Waals surface area contributed by atoms with Gasteiger partial charge in [-0.25, -0.2) is 15.0 Å². The highest BCUT2D eigenvalue weighted by Crippen LogP contribution is 2.43. The van der Waals surface area contributed by atoms with Crippen molar-refractivity contribution in [1.82, 2.24) is 15.0 Å². The summed E-state index contributed by atoms with van der Waals surface area (Å²) in [6.07, 6.45) is 0. The van der Waals surface area contributed by atoms with Crippen LogP contribution in [0.2, 0.25) is 0 Å². The zero-order valence-corrected chi connectivity index (χ0v) is 28.5. The van der Waals surface area contributed by atoms with E-state index in [-0.39, 0.29) is 0 Å². The molecule has 0 atom stereocenters. The van der Waals surface area contributed by atoms with Crippen LogP contribution >= 0.6 is 0 Å². The van der Waals surface area contributed by atoms with Crippen LogP contribution in [0.5, 0.6) is 0 Å². The quantitative estimate of drug-likeness (QED) is 0.174. The first-order valence-electron chi connectivity index (χ1n) is 17.9. The topological polar surface area (TPSA) is 51.8 Å². The molecule has 4 heteroatoms. The van der Waals surface area contributed by atoms with Gasteiger partial charge in [0.2, 0.25) is 0 Å². The number of fused-ring (bicyclic) bond motifs is 10. The van der Waals surface area contributed by atoms with Crippen molar-refractivity contribution in [3.8, 4) is 45.3 Å². The molecule has 11 aromatic rings. The van der Waals surface area contributed by atoms with Gasteiger partial charge in [-0.15, -0.1) is 0 Å². The van der Waals surface area contributed by atoms with Gasteiger partial charge in [-0.1, -0.05) is 158 Å². The lowest BCUT2D eigenvalue weighted by Gasteiger charge is -2.13. The molecule has 0 radical (unpaired) electrons. The van der Waals surface area contributed by atoms with Gasteiger partial charge >= 0.3 is 0 Å². The van der Waals surface area contributed by atoms with Gasteiger partial charge in [0, 0.05) is 38.4 Å². The number of para-hydroxylation sites is 1. The van der Waals surface area contributed by atoms with E-state index in [0.29, 0.717) is 17.5 Å². The Balaban J connectivity index is 1.10. The van der Waals surface area contributed by atoms with E-state index in [9.17, 15) is 0 Å². The lowest BCUT2D eigenvalue weighted by molar-refractivity contribution is 0.670. The minimum Gasteiger partial charge on any atom is -0.455 e. The molecule has 0 aliphatic heterocycles. The fourth-order valence-electron chi connectivity index (χ4n) is 7.99. The van der Waals surface area contributed by atoms with Crippen LogP contribution in [0.1, 0.15) is 0 Å². The van der Waals surface area contributed by atoms with Crippen molar-refractivity contribution in [2.45, 2.75) is 0 Å². The van der Waals surface area contributed by atoms with Crippen LogP contribution in [-0.4, -0.2) is 15.0 Å². The summed E-state index contributed by atoms with van der Waals surface area (Å²) < 4.78 is 6.67. The van der Waals surface area contributed by atoms with E-state index in [1.807, 2.05) is 36.4 Å². The van der Waals surface area contributed by atoms with E-state index in [1.54, 1.807) is 0 Å². The minimum absolute atomic E-state index is 0.622. The molecule has 0 bridgehead atoms. The number of hydrogen-bond acceptors (Lipinski definition) is 4. The molecule has 0 aliphatic rings. The van der Waals surface area contributed by atoms with Gasteiger partial charge in [0.1, 0.15) is 11.2 Å². The molecule has 0 fully saturated rings. The van der Waals surface area contributed by atoms with E-state index in [1.165, 1.54) is 32.3 Å². The predicted octanol–water partition coefficient (Wildman–Crippen LogP) is 13.1. The van der Waals surface area contributed by atoms with E-state index >= 15 is 0 Å². The summed E-state index contributed by atoms with van der Waals surface area (Å²) in [6, 6.07) is 61.5. The minimum atomic E-state index is 0.622. The number of rotatable bonds is 4. The Morgan fingerprint density at radius 1 is 0.321 bits per heavy atom. The second-order valence-corrected chi connectivity index (χ2v) is 13.6. The molecule has 0 amide bonds. The zero-order valence-electron chi connectivity index (χ0n) is 28.5. The van der Waals surface area contributed by atoms with E-state index in [0.717, 1.165) is 60.5 Å². The van der Waals surface area contributed by atoms with Crippen molar-refractivity contribution in [3.05, 3.63) is 176 Å². The van der Waals surface area contributed by atoms with Crippen molar-refractivity contribution >= 4 is 65.0 Å². The van der Waals surface area contributed by atoms with Crippen LogP contribution in [0.25, 0.3) is 110 Å². The molecular formula is C49H29N3O. The number of nitrogens with zero attached hydrogens (tertiary/aromatic N) is 3. The van der Waals surface area contributed by atoms with Crippen molar-refractivity contribution in [2.75, 3.05) is 0 Å². The second-order valence-electron chi connectivity index (χ2n) is 13.6. The number of furan rings is 1. The van der Waals surface area contributed by atoms with Crippen LogP contribution in [0.3, 0.4) is 0 Å². The van der Waals surface area contributed by atoms with Crippen molar-refractivity contribution in [3.63, 3.8) is 0 Å². The third-order valence-electron chi connectivity index (χ3n) is 10.5. The maximum Gasteiger partial charge on any atom is 0.164 e. The molecule has 4 nitrogen and oxygen atoms in total. The zero-order chi connectivity index (χ0) is 34.9. The van der Waals surface area contributed by atoms with E-state index in [2.05, 4.69) is 140 Å². The normalized spacial score (nSPS) is 11.8. The van der Waals surface area contributed by atoms with Gasteiger partial charge in [0.25, 0.3) is 0 Å². The van der Waals surface area contributed by atoms with Crippen molar-refractivity contribution in [1.29, 1.82) is 0 Å².